The molecule has 0 atom stereocenters. The fraction of sp³-hybridized carbons (Fsp3) is 0.333. The van der Waals surface area contributed by atoms with E-state index in [4.69, 9.17) is 5.26 Å². The van der Waals surface area contributed by atoms with Gasteiger partial charge in [0.1, 0.15) is 0 Å². The Labute approximate surface area is 122 Å². The van der Waals surface area contributed by atoms with Crippen LogP contribution in [-0.4, -0.2) is 4.98 Å². The van der Waals surface area contributed by atoms with Gasteiger partial charge in [-0.05, 0) is 24.3 Å². The average Bonchev–Trinajstić information content (AvgIpc) is 2.86. The van der Waals surface area contributed by atoms with Crippen molar-refractivity contribution in [2.24, 2.45) is 0 Å². The number of hydrogen-bond acceptors (Lipinski definition) is 4. The molecule has 0 saturated heterocycles. The highest BCUT2D eigenvalue weighted by atomic mass is 32.2. The maximum atomic E-state index is 8.75. The number of benzene rings is 1. The van der Waals surface area contributed by atoms with Gasteiger partial charge in [0.2, 0.25) is 0 Å². The van der Waals surface area contributed by atoms with Crippen molar-refractivity contribution in [3.8, 4) is 6.07 Å². The van der Waals surface area contributed by atoms with Crippen LogP contribution < -0.4 is 0 Å². The summed E-state index contributed by atoms with van der Waals surface area (Å²) in [6.45, 7) is 6.55. The number of thioether (sulfide) groups is 1. The van der Waals surface area contributed by atoms with Crippen LogP contribution in [0.2, 0.25) is 0 Å². The summed E-state index contributed by atoms with van der Waals surface area (Å²) < 4.78 is 0. The molecule has 0 spiro atoms. The summed E-state index contributed by atoms with van der Waals surface area (Å²) in [7, 11) is 0. The molecule has 1 aromatic heterocycles. The molecule has 2 rings (SSSR count). The molecule has 0 aliphatic rings. The van der Waals surface area contributed by atoms with Gasteiger partial charge in [0.05, 0.1) is 22.3 Å². The number of rotatable bonds is 3. The molecule has 98 valence electrons. The van der Waals surface area contributed by atoms with Crippen molar-refractivity contribution in [2.75, 3.05) is 0 Å². The van der Waals surface area contributed by atoms with Gasteiger partial charge in [-0.2, -0.15) is 5.26 Å². The van der Waals surface area contributed by atoms with Gasteiger partial charge in [-0.25, -0.2) is 4.98 Å². The van der Waals surface area contributed by atoms with Crippen LogP contribution in [0.25, 0.3) is 0 Å². The Morgan fingerprint density at radius 2 is 1.95 bits per heavy atom. The number of thiazole rings is 1. The van der Waals surface area contributed by atoms with E-state index in [1.54, 1.807) is 23.1 Å². The topological polar surface area (TPSA) is 36.7 Å². The summed E-state index contributed by atoms with van der Waals surface area (Å²) in [6.07, 6.45) is 0. The lowest BCUT2D eigenvalue weighted by Gasteiger charge is -2.13. The Kier molecular flexibility index (Phi) is 4.28. The Bertz CT molecular complexity index is 586. The summed E-state index contributed by atoms with van der Waals surface area (Å²) in [5.74, 6) is 0.873. The molecule has 2 nitrogen and oxygen atoms in total. The lowest BCUT2D eigenvalue weighted by Crippen LogP contribution is -2.10. The fourth-order valence-corrected chi connectivity index (χ4v) is 3.30. The van der Waals surface area contributed by atoms with Crippen molar-refractivity contribution < 1.29 is 0 Å². The molecule has 0 unspecified atom stereocenters. The van der Waals surface area contributed by atoms with Crippen LogP contribution in [0.15, 0.2) is 34.5 Å². The summed E-state index contributed by atoms with van der Waals surface area (Å²) in [6, 6.07) is 9.80. The first-order chi connectivity index (χ1) is 8.99. The molecule has 0 saturated carbocycles. The maximum Gasteiger partial charge on any atom is 0.0991 e. The Balaban J connectivity index is 1.99. The lowest BCUT2D eigenvalue weighted by atomic mass is 9.98. The minimum absolute atomic E-state index is 0.127. The fourth-order valence-electron chi connectivity index (χ4n) is 1.50. The molecule has 0 amide bonds. The number of aromatic nitrogens is 1. The van der Waals surface area contributed by atoms with E-state index in [-0.39, 0.29) is 5.41 Å². The van der Waals surface area contributed by atoms with E-state index < -0.39 is 0 Å². The zero-order chi connectivity index (χ0) is 13.9. The smallest absolute Gasteiger partial charge is 0.0991 e. The Morgan fingerprint density at radius 3 is 2.47 bits per heavy atom. The summed E-state index contributed by atoms with van der Waals surface area (Å²) >= 11 is 3.48. The van der Waals surface area contributed by atoms with Gasteiger partial charge in [0.15, 0.2) is 0 Å². The SMILES string of the molecule is CC(C)(C)c1nc(CSc2ccc(C#N)cc2)cs1. The summed E-state index contributed by atoms with van der Waals surface area (Å²) in [4.78, 5) is 5.85. The van der Waals surface area contributed by atoms with Gasteiger partial charge < -0.3 is 0 Å². The van der Waals surface area contributed by atoms with E-state index in [2.05, 4.69) is 37.2 Å². The molecule has 1 aromatic carbocycles. The zero-order valence-electron chi connectivity index (χ0n) is 11.3. The first-order valence-corrected chi connectivity index (χ1v) is 7.93. The monoisotopic (exact) mass is 288 g/mol. The summed E-state index contributed by atoms with van der Waals surface area (Å²) in [5.41, 5.74) is 1.96. The second-order valence-corrected chi connectivity index (χ2v) is 7.23. The van der Waals surface area contributed by atoms with E-state index >= 15 is 0 Å². The molecule has 0 aliphatic heterocycles. The van der Waals surface area contributed by atoms with E-state index in [9.17, 15) is 0 Å². The molecule has 19 heavy (non-hydrogen) atoms. The van der Waals surface area contributed by atoms with E-state index in [0.717, 1.165) is 11.4 Å². The zero-order valence-corrected chi connectivity index (χ0v) is 12.9. The number of hydrogen-bond donors (Lipinski definition) is 0. The first-order valence-electron chi connectivity index (χ1n) is 6.07. The van der Waals surface area contributed by atoms with Crippen molar-refractivity contribution in [3.63, 3.8) is 0 Å². The van der Waals surface area contributed by atoms with E-state index in [0.29, 0.717) is 5.56 Å². The molecule has 0 radical (unpaired) electrons. The molecular weight excluding hydrogens is 272 g/mol. The maximum absolute atomic E-state index is 8.75. The van der Waals surface area contributed by atoms with Gasteiger partial charge in [0, 0.05) is 21.4 Å². The van der Waals surface area contributed by atoms with Crippen LogP contribution in [0.1, 0.15) is 37.0 Å². The highest BCUT2D eigenvalue weighted by Crippen LogP contribution is 2.28. The van der Waals surface area contributed by atoms with Crippen LogP contribution in [-0.2, 0) is 11.2 Å². The Morgan fingerprint density at radius 1 is 1.26 bits per heavy atom. The van der Waals surface area contributed by atoms with Crippen LogP contribution in [0.3, 0.4) is 0 Å². The quantitative estimate of drug-likeness (QED) is 0.774. The van der Waals surface area contributed by atoms with Gasteiger partial charge in [-0.3, -0.25) is 0 Å². The molecule has 0 aliphatic carbocycles. The van der Waals surface area contributed by atoms with Crippen molar-refractivity contribution in [3.05, 3.63) is 45.9 Å². The van der Waals surface area contributed by atoms with E-state index in [1.165, 1.54) is 9.90 Å². The molecule has 0 fully saturated rings. The first kappa shape index (κ1) is 14.1. The molecule has 0 N–H and O–H groups in total. The van der Waals surface area contributed by atoms with Crippen LogP contribution >= 0.6 is 23.1 Å². The molecule has 1 heterocycles. The highest BCUT2D eigenvalue weighted by Gasteiger charge is 2.17. The average molecular weight is 288 g/mol. The number of nitriles is 1. The lowest BCUT2D eigenvalue weighted by molar-refractivity contribution is 0.584. The number of nitrogens with zero attached hydrogens (tertiary/aromatic N) is 2. The predicted octanol–water partition coefficient (Wildman–Crippen LogP) is 4.60. The van der Waals surface area contributed by atoms with E-state index in [1.807, 2.05) is 24.3 Å². The normalized spacial score (nSPS) is 11.3. The minimum Gasteiger partial charge on any atom is -0.245 e. The minimum atomic E-state index is 0.127. The van der Waals surface area contributed by atoms with Crippen molar-refractivity contribution in [1.29, 1.82) is 5.26 Å². The third-order valence-corrected chi connectivity index (χ3v) is 4.93. The Hall–Kier alpha value is -1.31. The van der Waals surface area contributed by atoms with Crippen molar-refractivity contribution in [2.45, 2.75) is 36.8 Å². The van der Waals surface area contributed by atoms with Gasteiger partial charge in [-0.1, -0.05) is 20.8 Å². The molecular formula is C15H16N2S2. The van der Waals surface area contributed by atoms with Gasteiger partial charge in [0.25, 0.3) is 0 Å². The predicted molar refractivity (Wildman–Crippen MR) is 81.5 cm³/mol. The van der Waals surface area contributed by atoms with Crippen molar-refractivity contribution in [1.82, 2.24) is 4.98 Å². The highest BCUT2D eigenvalue weighted by molar-refractivity contribution is 7.98. The second kappa shape index (κ2) is 5.77. The summed E-state index contributed by atoms with van der Waals surface area (Å²) in [5, 5.41) is 12.1. The van der Waals surface area contributed by atoms with Crippen molar-refractivity contribution >= 4 is 23.1 Å². The molecule has 2 aromatic rings. The second-order valence-electron chi connectivity index (χ2n) is 5.32. The standard InChI is InChI=1S/C15H16N2S2/c1-15(2,3)14-17-12(10-19-14)9-18-13-6-4-11(8-16)5-7-13/h4-7,10H,9H2,1-3H3. The third kappa shape index (κ3) is 3.82. The van der Waals surface area contributed by atoms with Crippen LogP contribution in [0, 0.1) is 11.3 Å². The van der Waals surface area contributed by atoms with Gasteiger partial charge in [-0.15, -0.1) is 23.1 Å². The molecule has 4 heteroatoms. The van der Waals surface area contributed by atoms with Crippen LogP contribution in [0.4, 0.5) is 0 Å². The van der Waals surface area contributed by atoms with Gasteiger partial charge >= 0.3 is 0 Å². The molecule has 0 bridgehead atoms. The third-order valence-electron chi connectivity index (χ3n) is 2.56. The largest absolute Gasteiger partial charge is 0.245 e. The van der Waals surface area contributed by atoms with Crippen LogP contribution in [0.5, 0.6) is 0 Å².